The van der Waals surface area contributed by atoms with E-state index in [2.05, 4.69) is 10.3 Å². The van der Waals surface area contributed by atoms with Crippen molar-refractivity contribution < 1.29 is 9.53 Å². The summed E-state index contributed by atoms with van der Waals surface area (Å²) < 4.78 is 6.09. The van der Waals surface area contributed by atoms with Crippen molar-refractivity contribution in [2.45, 2.75) is 0 Å². The summed E-state index contributed by atoms with van der Waals surface area (Å²) in [6.07, 6.45) is 0. The number of amides is 1. The Labute approximate surface area is 140 Å². The molecule has 0 saturated heterocycles. The monoisotopic (exact) mass is 352 g/mol. The minimum atomic E-state index is -0.349. The fraction of sp³-hybridized carbons (Fsp3) is 0.0667. The number of aromatic nitrogens is 1. The molecule has 4 nitrogen and oxygen atoms in total. The van der Waals surface area contributed by atoms with Crippen molar-refractivity contribution in [3.8, 4) is 5.75 Å². The van der Waals surface area contributed by atoms with Crippen molar-refractivity contribution in [3.63, 3.8) is 0 Å². The Morgan fingerprint density at radius 3 is 2.82 bits per heavy atom. The van der Waals surface area contributed by atoms with Crippen LogP contribution in [0.25, 0.3) is 10.2 Å². The summed E-state index contributed by atoms with van der Waals surface area (Å²) in [7, 11) is 1.60. The maximum Gasteiger partial charge on any atom is 0.259 e. The average Bonchev–Trinajstić information content (AvgIpc) is 2.90. The highest BCUT2D eigenvalue weighted by atomic mass is 35.5. The number of anilines is 1. The lowest BCUT2D eigenvalue weighted by atomic mass is 10.2. The van der Waals surface area contributed by atoms with E-state index in [1.807, 2.05) is 18.2 Å². The van der Waals surface area contributed by atoms with E-state index in [9.17, 15) is 4.79 Å². The summed E-state index contributed by atoms with van der Waals surface area (Å²) in [5, 5.41) is 4.01. The van der Waals surface area contributed by atoms with Gasteiger partial charge in [-0.3, -0.25) is 10.1 Å². The van der Waals surface area contributed by atoms with E-state index in [-0.39, 0.29) is 5.91 Å². The largest absolute Gasteiger partial charge is 0.497 e. The molecule has 112 valence electrons. The summed E-state index contributed by atoms with van der Waals surface area (Å²) in [5.74, 6) is 0.394. The maximum absolute atomic E-state index is 12.3. The molecule has 0 atom stereocenters. The molecule has 1 aromatic heterocycles. The number of carbonyl (C=O) groups excluding carboxylic acids is 1. The summed E-state index contributed by atoms with van der Waals surface area (Å²) in [6, 6.07) is 10.3. The average molecular weight is 353 g/mol. The molecule has 3 aromatic rings. The van der Waals surface area contributed by atoms with Crippen molar-refractivity contribution >= 4 is 55.8 Å². The molecule has 0 saturated carbocycles. The summed E-state index contributed by atoms with van der Waals surface area (Å²) in [4.78, 5) is 16.6. The van der Waals surface area contributed by atoms with E-state index >= 15 is 0 Å². The van der Waals surface area contributed by atoms with Crippen molar-refractivity contribution in [2.24, 2.45) is 0 Å². The van der Waals surface area contributed by atoms with Gasteiger partial charge in [-0.15, -0.1) is 0 Å². The molecule has 0 fully saturated rings. The van der Waals surface area contributed by atoms with Crippen LogP contribution in [0.2, 0.25) is 10.0 Å². The van der Waals surface area contributed by atoms with Crippen LogP contribution in [0.4, 0.5) is 5.13 Å². The van der Waals surface area contributed by atoms with E-state index in [0.29, 0.717) is 20.7 Å². The second-order valence-electron chi connectivity index (χ2n) is 4.43. The molecular weight excluding hydrogens is 343 g/mol. The van der Waals surface area contributed by atoms with Crippen LogP contribution in [0.15, 0.2) is 36.4 Å². The number of nitrogens with zero attached hydrogens (tertiary/aromatic N) is 1. The number of rotatable bonds is 3. The molecular formula is C15H10Cl2N2O2S. The summed E-state index contributed by atoms with van der Waals surface area (Å²) in [6.45, 7) is 0. The number of carbonyl (C=O) groups is 1. The van der Waals surface area contributed by atoms with Crippen molar-refractivity contribution in [3.05, 3.63) is 52.0 Å². The second-order valence-corrected chi connectivity index (χ2v) is 6.31. The standard InChI is InChI=1S/C15H10Cl2N2O2S/c1-21-9-3-5-12-13(7-9)22-15(18-12)19-14(20)10-6-8(16)2-4-11(10)17/h2-7H,1H3,(H,18,19,20). The molecule has 0 aliphatic heterocycles. The number of hydrogen-bond donors (Lipinski definition) is 1. The van der Waals surface area contributed by atoms with Gasteiger partial charge in [0.2, 0.25) is 0 Å². The summed E-state index contributed by atoms with van der Waals surface area (Å²) in [5.41, 5.74) is 1.10. The normalized spacial score (nSPS) is 10.7. The van der Waals surface area contributed by atoms with E-state index in [4.69, 9.17) is 27.9 Å². The van der Waals surface area contributed by atoms with Gasteiger partial charge in [0.05, 0.1) is 27.9 Å². The van der Waals surface area contributed by atoms with Gasteiger partial charge in [-0.25, -0.2) is 4.98 Å². The lowest BCUT2D eigenvalue weighted by molar-refractivity contribution is 0.102. The third-order valence-electron chi connectivity index (χ3n) is 2.99. The first kappa shape index (κ1) is 15.1. The van der Waals surface area contributed by atoms with E-state index in [1.165, 1.54) is 17.4 Å². The Morgan fingerprint density at radius 1 is 1.23 bits per heavy atom. The van der Waals surface area contributed by atoms with Gasteiger partial charge in [-0.2, -0.15) is 0 Å². The van der Waals surface area contributed by atoms with Gasteiger partial charge in [0.1, 0.15) is 5.75 Å². The number of nitrogens with one attached hydrogen (secondary N) is 1. The zero-order chi connectivity index (χ0) is 15.7. The number of hydrogen-bond acceptors (Lipinski definition) is 4. The molecule has 7 heteroatoms. The third-order valence-corrected chi connectivity index (χ3v) is 4.49. The molecule has 3 rings (SSSR count). The lowest BCUT2D eigenvalue weighted by Gasteiger charge is -2.04. The van der Waals surface area contributed by atoms with Crippen LogP contribution in [0.3, 0.4) is 0 Å². The van der Waals surface area contributed by atoms with E-state index in [0.717, 1.165) is 16.0 Å². The Hall–Kier alpha value is -1.82. The highest BCUT2D eigenvalue weighted by Crippen LogP contribution is 2.30. The number of ether oxygens (including phenoxy) is 1. The molecule has 1 amide bonds. The Balaban J connectivity index is 1.89. The van der Waals surface area contributed by atoms with Crippen molar-refractivity contribution in [1.29, 1.82) is 0 Å². The number of thiazole rings is 1. The number of benzene rings is 2. The fourth-order valence-corrected chi connectivity index (χ4v) is 3.19. The molecule has 0 bridgehead atoms. The lowest BCUT2D eigenvalue weighted by Crippen LogP contribution is -2.12. The minimum absolute atomic E-state index is 0.311. The van der Waals surface area contributed by atoms with Gasteiger partial charge in [-0.05, 0) is 36.4 Å². The van der Waals surface area contributed by atoms with Gasteiger partial charge in [0.25, 0.3) is 5.91 Å². The fourth-order valence-electron chi connectivity index (χ4n) is 1.92. The molecule has 22 heavy (non-hydrogen) atoms. The van der Waals surface area contributed by atoms with Crippen LogP contribution in [0.5, 0.6) is 5.75 Å². The molecule has 1 heterocycles. The molecule has 0 radical (unpaired) electrons. The quantitative estimate of drug-likeness (QED) is 0.731. The van der Waals surface area contributed by atoms with E-state index < -0.39 is 0 Å². The van der Waals surface area contributed by atoms with E-state index in [1.54, 1.807) is 19.2 Å². The van der Waals surface area contributed by atoms with Crippen LogP contribution in [-0.2, 0) is 0 Å². The molecule has 0 unspecified atom stereocenters. The zero-order valence-corrected chi connectivity index (χ0v) is 13.7. The van der Waals surface area contributed by atoms with Crippen LogP contribution in [0, 0.1) is 0 Å². The number of methoxy groups -OCH3 is 1. The first-order valence-corrected chi connectivity index (χ1v) is 7.85. The SMILES string of the molecule is COc1ccc2nc(NC(=O)c3cc(Cl)ccc3Cl)sc2c1. The Kier molecular flexibility index (Phi) is 4.20. The predicted molar refractivity (Wildman–Crippen MR) is 90.6 cm³/mol. The van der Waals surface area contributed by atoms with Crippen molar-refractivity contribution in [2.75, 3.05) is 12.4 Å². The minimum Gasteiger partial charge on any atom is -0.497 e. The van der Waals surface area contributed by atoms with Gasteiger partial charge in [0.15, 0.2) is 5.13 Å². The Morgan fingerprint density at radius 2 is 2.05 bits per heavy atom. The first-order chi connectivity index (χ1) is 10.6. The van der Waals surface area contributed by atoms with Gasteiger partial charge in [-0.1, -0.05) is 34.5 Å². The topological polar surface area (TPSA) is 51.2 Å². The molecule has 0 spiro atoms. The highest BCUT2D eigenvalue weighted by Gasteiger charge is 2.14. The number of halogens is 2. The van der Waals surface area contributed by atoms with Crippen LogP contribution >= 0.6 is 34.5 Å². The Bertz CT molecular complexity index is 864. The zero-order valence-electron chi connectivity index (χ0n) is 11.4. The smallest absolute Gasteiger partial charge is 0.259 e. The molecule has 0 aliphatic rings. The van der Waals surface area contributed by atoms with Gasteiger partial charge < -0.3 is 4.74 Å². The van der Waals surface area contributed by atoms with Gasteiger partial charge >= 0.3 is 0 Å². The molecule has 2 aromatic carbocycles. The molecule has 1 N–H and O–H groups in total. The number of fused-ring (bicyclic) bond motifs is 1. The van der Waals surface area contributed by atoms with Crippen LogP contribution in [0.1, 0.15) is 10.4 Å². The first-order valence-electron chi connectivity index (χ1n) is 6.28. The van der Waals surface area contributed by atoms with Crippen molar-refractivity contribution in [1.82, 2.24) is 4.98 Å². The van der Waals surface area contributed by atoms with Crippen LogP contribution < -0.4 is 10.1 Å². The third kappa shape index (κ3) is 3.02. The summed E-state index contributed by atoms with van der Waals surface area (Å²) >= 11 is 13.3. The maximum atomic E-state index is 12.3. The second kappa shape index (κ2) is 6.12. The van der Waals surface area contributed by atoms with Gasteiger partial charge in [0, 0.05) is 5.02 Å². The van der Waals surface area contributed by atoms with Crippen LogP contribution in [-0.4, -0.2) is 18.0 Å². The predicted octanol–water partition coefficient (Wildman–Crippen LogP) is 4.86. The molecule has 0 aliphatic carbocycles. The highest BCUT2D eigenvalue weighted by molar-refractivity contribution is 7.22.